The molecule has 0 heterocycles. The fourth-order valence-electron chi connectivity index (χ4n) is 2.76. The molecule has 1 amide bonds. The van der Waals surface area contributed by atoms with E-state index in [9.17, 15) is 13.2 Å². The van der Waals surface area contributed by atoms with Gasteiger partial charge in [0.1, 0.15) is 0 Å². The van der Waals surface area contributed by atoms with E-state index < -0.39 is 10.0 Å². The number of carbonyl (C=O) groups is 1. The molecule has 1 aromatic rings. The molecule has 1 aromatic carbocycles. The zero-order chi connectivity index (χ0) is 15.5. The molecule has 0 aromatic heterocycles. The van der Waals surface area contributed by atoms with E-state index in [1.165, 1.54) is 12.1 Å². The smallest absolute Gasteiger partial charge is 0.238 e. The summed E-state index contributed by atoms with van der Waals surface area (Å²) in [4.78, 5) is 12.2. The monoisotopic (exact) mass is 310 g/mol. The molecule has 0 bridgehead atoms. The summed E-state index contributed by atoms with van der Waals surface area (Å²) in [6.07, 6.45) is 4.84. The molecule has 1 saturated carbocycles. The predicted octanol–water partition coefficient (Wildman–Crippen LogP) is 1.57. The summed E-state index contributed by atoms with van der Waals surface area (Å²) in [5, 5.41) is 8.02. The van der Waals surface area contributed by atoms with Crippen molar-refractivity contribution < 1.29 is 13.2 Å². The normalized spacial score (nSPS) is 17.6. The summed E-state index contributed by atoms with van der Waals surface area (Å²) in [5.41, 5.74) is 0.761. The van der Waals surface area contributed by atoms with Gasteiger partial charge in [0, 0.05) is 12.0 Å². The lowest BCUT2D eigenvalue weighted by Crippen LogP contribution is -2.38. The minimum absolute atomic E-state index is 0.105. The second-order valence-corrected chi connectivity index (χ2v) is 7.52. The molecule has 5 nitrogen and oxygen atoms in total. The van der Waals surface area contributed by atoms with Crippen molar-refractivity contribution in [2.24, 2.45) is 10.6 Å². The predicted molar refractivity (Wildman–Crippen MR) is 81.1 cm³/mol. The quantitative estimate of drug-likeness (QED) is 0.865. The summed E-state index contributed by atoms with van der Waals surface area (Å²) in [5.74, 6) is 0.126. The number of hydrogen-bond donors (Lipinski definition) is 2. The van der Waals surface area contributed by atoms with Gasteiger partial charge < -0.3 is 5.32 Å². The van der Waals surface area contributed by atoms with Crippen molar-refractivity contribution in [3.05, 3.63) is 29.8 Å². The fourth-order valence-corrected chi connectivity index (χ4v) is 3.28. The molecule has 0 atom stereocenters. The van der Waals surface area contributed by atoms with Crippen LogP contribution in [0.25, 0.3) is 0 Å². The molecular formula is C15H22N2O3S. The van der Waals surface area contributed by atoms with Gasteiger partial charge in [0.15, 0.2) is 0 Å². The van der Waals surface area contributed by atoms with Gasteiger partial charge in [0.2, 0.25) is 15.9 Å². The van der Waals surface area contributed by atoms with Gasteiger partial charge in [-0.15, -0.1) is 0 Å². The molecule has 0 spiro atoms. The average molecular weight is 310 g/mol. The van der Waals surface area contributed by atoms with Crippen molar-refractivity contribution in [1.29, 1.82) is 0 Å². The van der Waals surface area contributed by atoms with Crippen molar-refractivity contribution in [2.45, 2.75) is 43.9 Å². The third kappa shape index (κ3) is 4.04. The summed E-state index contributed by atoms with van der Waals surface area (Å²) >= 11 is 0. The highest BCUT2D eigenvalue weighted by Crippen LogP contribution is 2.37. The number of nitrogens with two attached hydrogens (primary N) is 1. The number of hydrogen-bond acceptors (Lipinski definition) is 3. The number of sulfonamides is 1. The molecule has 0 aliphatic heterocycles. The Bertz CT molecular complexity index is 602. The van der Waals surface area contributed by atoms with Crippen molar-refractivity contribution in [3.63, 3.8) is 0 Å². The van der Waals surface area contributed by atoms with Gasteiger partial charge in [0.25, 0.3) is 0 Å². The van der Waals surface area contributed by atoms with Crippen LogP contribution in [0, 0.1) is 5.41 Å². The van der Waals surface area contributed by atoms with Crippen LogP contribution < -0.4 is 10.5 Å². The highest BCUT2D eigenvalue weighted by molar-refractivity contribution is 7.89. The number of benzene rings is 1. The maximum atomic E-state index is 12.1. The Labute approximate surface area is 126 Å². The molecule has 2 rings (SSSR count). The van der Waals surface area contributed by atoms with E-state index >= 15 is 0 Å². The first-order valence-corrected chi connectivity index (χ1v) is 8.76. The van der Waals surface area contributed by atoms with Gasteiger partial charge in [0.05, 0.1) is 4.90 Å². The van der Waals surface area contributed by atoms with Gasteiger partial charge in [-0.1, -0.05) is 31.9 Å². The molecule has 0 unspecified atom stereocenters. The minimum atomic E-state index is -3.64. The molecule has 0 saturated heterocycles. The van der Waals surface area contributed by atoms with Crippen molar-refractivity contribution in [2.75, 3.05) is 6.54 Å². The third-order valence-electron chi connectivity index (χ3n) is 4.21. The molecular weight excluding hydrogens is 288 g/mol. The molecule has 1 aliphatic rings. The van der Waals surface area contributed by atoms with Crippen LogP contribution in [0.1, 0.15) is 38.2 Å². The zero-order valence-corrected chi connectivity index (χ0v) is 13.1. The molecule has 21 heavy (non-hydrogen) atoms. The molecule has 0 radical (unpaired) electrons. The molecule has 3 N–H and O–H groups in total. The first-order valence-electron chi connectivity index (χ1n) is 7.21. The van der Waals surface area contributed by atoms with E-state index in [4.69, 9.17) is 5.14 Å². The van der Waals surface area contributed by atoms with Crippen LogP contribution in [-0.4, -0.2) is 20.9 Å². The van der Waals surface area contributed by atoms with Gasteiger partial charge in [-0.2, -0.15) is 0 Å². The van der Waals surface area contributed by atoms with Crippen molar-refractivity contribution in [1.82, 2.24) is 5.32 Å². The number of nitrogens with one attached hydrogen (secondary N) is 1. The zero-order valence-electron chi connectivity index (χ0n) is 12.3. The maximum absolute atomic E-state index is 12.1. The molecule has 1 fully saturated rings. The van der Waals surface area contributed by atoms with E-state index in [-0.39, 0.29) is 16.2 Å². The third-order valence-corrected chi connectivity index (χ3v) is 5.14. The number of rotatable bonds is 5. The van der Waals surface area contributed by atoms with E-state index in [0.717, 1.165) is 31.2 Å². The lowest BCUT2D eigenvalue weighted by Gasteiger charge is -2.22. The van der Waals surface area contributed by atoms with Gasteiger partial charge in [-0.3, -0.25) is 4.79 Å². The topological polar surface area (TPSA) is 89.3 Å². The van der Waals surface area contributed by atoms with Crippen LogP contribution in [-0.2, 0) is 21.2 Å². The summed E-state index contributed by atoms with van der Waals surface area (Å²) in [6.45, 7) is 2.58. The highest BCUT2D eigenvalue weighted by Gasteiger charge is 2.35. The Morgan fingerprint density at radius 1 is 1.24 bits per heavy atom. The second-order valence-electron chi connectivity index (χ2n) is 5.96. The Hall–Kier alpha value is -1.40. The van der Waals surface area contributed by atoms with Gasteiger partial charge in [-0.05, 0) is 37.0 Å². The average Bonchev–Trinajstić information content (AvgIpc) is 2.86. The van der Waals surface area contributed by atoms with Gasteiger partial charge in [-0.25, -0.2) is 13.6 Å². The van der Waals surface area contributed by atoms with E-state index in [1.54, 1.807) is 12.1 Å². The van der Waals surface area contributed by atoms with E-state index in [1.807, 2.05) is 6.92 Å². The maximum Gasteiger partial charge on any atom is 0.238 e. The summed E-state index contributed by atoms with van der Waals surface area (Å²) < 4.78 is 22.3. The van der Waals surface area contributed by atoms with Crippen LogP contribution in [0.5, 0.6) is 0 Å². The second kappa shape index (κ2) is 6.15. The standard InChI is InChI=1S/C15H22N2O3S/c1-15(9-2-3-10-15)14(18)17-11-8-12-4-6-13(7-5-12)21(16,19)20/h4-7H,2-3,8-11H2,1H3,(H,17,18)(H2,16,19,20). The Morgan fingerprint density at radius 3 is 2.33 bits per heavy atom. The Morgan fingerprint density at radius 2 is 1.81 bits per heavy atom. The lowest BCUT2D eigenvalue weighted by atomic mass is 9.88. The van der Waals surface area contributed by atoms with Crippen LogP contribution in [0.2, 0.25) is 0 Å². The van der Waals surface area contributed by atoms with Crippen LogP contribution in [0.4, 0.5) is 0 Å². The number of amides is 1. The summed E-state index contributed by atoms with van der Waals surface area (Å²) in [6, 6.07) is 6.43. The SMILES string of the molecule is CC1(C(=O)NCCc2ccc(S(N)(=O)=O)cc2)CCCC1. The van der Waals surface area contributed by atoms with Gasteiger partial charge >= 0.3 is 0 Å². The lowest BCUT2D eigenvalue weighted by molar-refractivity contribution is -0.129. The fraction of sp³-hybridized carbons (Fsp3) is 0.533. The number of primary sulfonamides is 1. The first kappa shape index (κ1) is 16.0. The minimum Gasteiger partial charge on any atom is -0.355 e. The molecule has 6 heteroatoms. The molecule has 116 valence electrons. The van der Waals surface area contributed by atoms with Crippen molar-refractivity contribution in [3.8, 4) is 0 Å². The van der Waals surface area contributed by atoms with E-state index in [0.29, 0.717) is 13.0 Å². The Kier molecular flexibility index (Phi) is 4.68. The van der Waals surface area contributed by atoms with Crippen LogP contribution in [0.15, 0.2) is 29.2 Å². The van der Waals surface area contributed by atoms with Crippen molar-refractivity contribution >= 4 is 15.9 Å². The van der Waals surface area contributed by atoms with E-state index in [2.05, 4.69) is 5.32 Å². The largest absolute Gasteiger partial charge is 0.355 e. The molecule has 1 aliphatic carbocycles. The summed E-state index contributed by atoms with van der Waals surface area (Å²) in [7, 11) is -3.64. The highest BCUT2D eigenvalue weighted by atomic mass is 32.2. The first-order chi connectivity index (χ1) is 9.81. The van der Waals surface area contributed by atoms with Crippen LogP contribution in [0.3, 0.4) is 0 Å². The number of carbonyl (C=O) groups excluding carboxylic acids is 1. The van der Waals surface area contributed by atoms with Crippen LogP contribution >= 0.6 is 0 Å². The Balaban J connectivity index is 1.85.